The van der Waals surface area contributed by atoms with Gasteiger partial charge in [0.2, 0.25) is 0 Å². The lowest BCUT2D eigenvalue weighted by Gasteiger charge is -2.18. The second-order valence-corrected chi connectivity index (χ2v) is 3.97. The van der Waals surface area contributed by atoms with Crippen molar-refractivity contribution in [2.45, 2.75) is 0 Å². The van der Waals surface area contributed by atoms with E-state index < -0.39 is 0 Å². The van der Waals surface area contributed by atoms with E-state index in [2.05, 4.69) is 12.1 Å². The van der Waals surface area contributed by atoms with Crippen molar-refractivity contribution < 1.29 is 9.15 Å². The van der Waals surface area contributed by atoms with Crippen molar-refractivity contribution in [3.8, 4) is 16.9 Å². The number of hydrogen-bond acceptors (Lipinski definition) is 3. The summed E-state index contributed by atoms with van der Waals surface area (Å²) in [5.74, 6) is 0.895. The van der Waals surface area contributed by atoms with Crippen LogP contribution in [0.2, 0.25) is 0 Å². The first kappa shape index (κ1) is 10.2. The van der Waals surface area contributed by atoms with Gasteiger partial charge >= 0.3 is 0 Å². The Morgan fingerprint density at radius 1 is 1.18 bits per heavy atom. The maximum atomic E-state index is 5.71. The van der Waals surface area contributed by atoms with Crippen molar-refractivity contribution in [3.05, 3.63) is 48.4 Å². The highest BCUT2D eigenvalue weighted by atomic mass is 16.5. The average Bonchev–Trinajstić information content (AvgIpc) is 2.91. The molecule has 0 atom stereocenters. The lowest BCUT2D eigenvalue weighted by atomic mass is 9.99. The summed E-state index contributed by atoms with van der Waals surface area (Å²) in [5.41, 5.74) is 10.1. The predicted octanol–water partition coefficient (Wildman–Crippen LogP) is 2.68. The van der Waals surface area contributed by atoms with Crippen molar-refractivity contribution in [2.24, 2.45) is 5.73 Å². The number of nitrogens with two attached hydrogens (primary N) is 1. The number of fused-ring (bicyclic) bond motifs is 1. The molecule has 2 aromatic rings. The first-order valence-electron chi connectivity index (χ1n) is 5.57. The van der Waals surface area contributed by atoms with Crippen molar-refractivity contribution in [1.82, 2.24) is 0 Å². The fourth-order valence-corrected chi connectivity index (χ4v) is 2.05. The summed E-state index contributed by atoms with van der Waals surface area (Å²) in [6.45, 7) is 1.13. The Labute approximate surface area is 99.5 Å². The Morgan fingerprint density at radius 2 is 2.12 bits per heavy atom. The third-order valence-electron chi connectivity index (χ3n) is 2.97. The second-order valence-electron chi connectivity index (χ2n) is 3.97. The summed E-state index contributed by atoms with van der Waals surface area (Å²) in [7, 11) is 0. The molecule has 0 radical (unpaired) electrons. The van der Waals surface area contributed by atoms with Gasteiger partial charge in [-0.25, -0.2) is 0 Å². The van der Waals surface area contributed by atoms with E-state index in [1.54, 1.807) is 12.5 Å². The minimum atomic E-state index is 0.543. The Kier molecular flexibility index (Phi) is 2.46. The number of furan rings is 1. The fraction of sp³-hybridized carbons (Fsp3) is 0.143. The molecule has 0 saturated carbocycles. The van der Waals surface area contributed by atoms with Crippen LogP contribution in [0.1, 0.15) is 5.56 Å². The molecule has 0 unspecified atom stereocenters. The molecular formula is C14H13NO2. The highest BCUT2D eigenvalue weighted by Crippen LogP contribution is 2.33. The van der Waals surface area contributed by atoms with Crippen molar-refractivity contribution in [1.29, 1.82) is 0 Å². The Bertz CT molecular complexity index is 556. The molecule has 0 spiro atoms. The zero-order valence-electron chi connectivity index (χ0n) is 9.35. The number of ether oxygens (including phenoxy) is 1. The van der Waals surface area contributed by atoms with E-state index in [1.807, 2.05) is 18.2 Å². The van der Waals surface area contributed by atoms with Gasteiger partial charge in [-0.15, -0.1) is 0 Å². The first-order valence-corrected chi connectivity index (χ1v) is 5.57. The van der Waals surface area contributed by atoms with Gasteiger partial charge in [-0.2, -0.15) is 0 Å². The van der Waals surface area contributed by atoms with Crippen LogP contribution in [0.5, 0.6) is 5.75 Å². The van der Waals surface area contributed by atoms with Crippen molar-refractivity contribution in [3.63, 3.8) is 0 Å². The molecule has 0 fully saturated rings. The summed E-state index contributed by atoms with van der Waals surface area (Å²) in [4.78, 5) is 0. The molecule has 0 saturated heterocycles. The summed E-state index contributed by atoms with van der Waals surface area (Å²) < 4.78 is 10.7. The molecule has 0 bridgehead atoms. The van der Waals surface area contributed by atoms with Crippen molar-refractivity contribution in [2.75, 3.05) is 13.2 Å². The Balaban J connectivity index is 2.06. The molecule has 3 rings (SSSR count). The number of rotatable bonds is 2. The Hall–Kier alpha value is -2.00. The summed E-state index contributed by atoms with van der Waals surface area (Å²) in [5, 5.41) is 0. The first-order chi connectivity index (χ1) is 8.38. The van der Waals surface area contributed by atoms with E-state index >= 15 is 0 Å². The van der Waals surface area contributed by atoms with Crippen molar-refractivity contribution >= 4 is 5.57 Å². The van der Waals surface area contributed by atoms with Gasteiger partial charge in [0.1, 0.15) is 12.4 Å². The van der Waals surface area contributed by atoms with Crippen LogP contribution < -0.4 is 10.5 Å². The van der Waals surface area contributed by atoms with Gasteiger partial charge in [-0.05, 0) is 29.3 Å². The van der Waals surface area contributed by atoms with E-state index in [4.69, 9.17) is 14.9 Å². The molecule has 1 aliphatic rings. The smallest absolute Gasteiger partial charge is 0.127 e. The topological polar surface area (TPSA) is 48.4 Å². The van der Waals surface area contributed by atoms with Gasteiger partial charge in [0.15, 0.2) is 0 Å². The minimum Gasteiger partial charge on any atom is -0.489 e. The van der Waals surface area contributed by atoms with Gasteiger partial charge in [0.25, 0.3) is 0 Å². The second kappa shape index (κ2) is 4.11. The molecule has 0 amide bonds. The standard InChI is InChI=1S/C14H13NO2/c15-8-11-4-6-17-14-7-10(1-2-13(11)14)12-3-5-16-9-12/h1-5,7,9H,6,8,15H2. The van der Waals surface area contributed by atoms with Crippen LogP contribution in [0.4, 0.5) is 0 Å². The predicted molar refractivity (Wildman–Crippen MR) is 66.7 cm³/mol. The maximum Gasteiger partial charge on any atom is 0.127 e. The van der Waals surface area contributed by atoms with Crippen LogP contribution in [0.15, 0.2) is 47.3 Å². The molecule has 86 valence electrons. The molecule has 2 N–H and O–H groups in total. The largest absolute Gasteiger partial charge is 0.489 e. The third kappa shape index (κ3) is 1.74. The summed E-state index contributed by atoms with van der Waals surface area (Å²) in [6.07, 6.45) is 5.42. The Morgan fingerprint density at radius 3 is 2.88 bits per heavy atom. The van der Waals surface area contributed by atoms with E-state index in [0.29, 0.717) is 13.2 Å². The lowest BCUT2D eigenvalue weighted by molar-refractivity contribution is 0.357. The van der Waals surface area contributed by atoms with Crippen LogP contribution >= 0.6 is 0 Å². The van der Waals surface area contributed by atoms with Gasteiger partial charge in [-0.1, -0.05) is 12.1 Å². The van der Waals surface area contributed by atoms with Gasteiger partial charge < -0.3 is 14.9 Å². The maximum absolute atomic E-state index is 5.71. The lowest BCUT2D eigenvalue weighted by Crippen LogP contribution is -2.10. The van der Waals surface area contributed by atoms with Crippen LogP contribution in [0, 0.1) is 0 Å². The highest BCUT2D eigenvalue weighted by Gasteiger charge is 2.13. The minimum absolute atomic E-state index is 0.543. The number of benzene rings is 1. The summed E-state index contributed by atoms with van der Waals surface area (Å²) in [6, 6.07) is 8.07. The molecular weight excluding hydrogens is 214 g/mol. The zero-order chi connectivity index (χ0) is 11.7. The molecule has 17 heavy (non-hydrogen) atoms. The fourth-order valence-electron chi connectivity index (χ4n) is 2.05. The number of hydrogen-bond donors (Lipinski definition) is 1. The van der Waals surface area contributed by atoms with E-state index in [1.165, 1.54) is 0 Å². The SMILES string of the molecule is NCC1=CCOc2cc(-c3ccoc3)ccc21. The van der Waals surface area contributed by atoms with E-state index in [0.717, 1.165) is 28.0 Å². The third-order valence-corrected chi connectivity index (χ3v) is 2.97. The monoisotopic (exact) mass is 227 g/mol. The molecule has 0 aliphatic carbocycles. The molecule has 1 aromatic heterocycles. The zero-order valence-corrected chi connectivity index (χ0v) is 9.35. The average molecular weight is 227 g/mol. The van der Waals surface area contributed by atoms with Crippen LogP contribution in [-0.4, -0.2) is 13.2 Å². The molecule has 2 heterocycles. The summed E-state index contributed by atoms with van der Waals surface area (Å²) >= 11 is 0. The highest BCUT2D eigenvalue weighted by molar-refractivity contribution is 5.77. The van der Waals surface area contributed by atoms with Gasteiger partial charge in [-0.3, -0.25) is 0 Å². The van der Waals surface area contributed by atoms with Crippen LogP contribution in [0.3, 0.4) is 0 Å². The molecule has 3 nitrogen and oxygen atoms in total. The normalized spacial score (nSPS) is 13.8. The van der Waals surface area contributed by atoms with E-state index in [9.17, 15) is 0 Å². The van der Waals surface area contributed by atoms with E-state index in [-0.39, 0.29) is 0 Å². The quantitative estimate of drug-likeness (QED) is 0.858. The van der Waals surface area contributed by atoms with Crippen LogP contribution in [0.25, 0.3) is 16.7 Å². The van der Waals surface area contributed by atoms with Crippen LogP contribution in [-0.2, 0) is 0 Å². The molecule has 1 aromatic carbocycles. The molecule has 3 heteroatoms. The van der Waals surface area contributed by atoms with Gasteiger partial charge in [0.05, 0.1) is 12.5 Å². The van der Waals surface area contributed by atoms with Gasteiger partial charge in [0, 0.05) is 17.7 Å². The molecule has 1 aliphatic heterocycles.